The maximum Gasteiger partial charge on any atom is 0.302 e. The average Bonchev–Trinajstić information content (AvgIpc) is 2.31. The summed E-state index contributed by atoms with van der Waals surface area (Å²) in [5, 5.41) is 0. The van der Waals surface area contributed by atoms with E-state index in [1.165, 1.54) is 6.92 Å². The van der Waals surface area contributed by atoms with Crippen LogP contribution < -0.4 is 0 Å². The lowest BCUT2D eigenvalue weighted by Crippen LogP contribution is -1.96. The number of thiophene rings is 1. The molecule has 1 aromatic heterocycles. The number of esters is 1. The zero-order valence-corrected chi connectivity index (χ0v) is 8.37. The molecule has 0 aliphatic rings. The largest absolute Gasteiger partial charge is 0.460 e. The second-order valence-corrected chi connectivity index (χ2v) is 4.53. The van der Waals surface area contributed by atoms with Crippen molar-refractivity contribution < 1.29 is 9.53 Å². The van der Waals surface area contributed by atoms with Crippen molar-refractivity contribution in [1.82, 2.24) is 0 Å². The third kappa shape index (κ3) is 3.03. The Morgan fingerprint density at radius 2 is 2.45 bits per heavy atom. The van der Waals surface area contributed by atoms with Crippen LogP contribution in [-0.2, 0) is 16.1 Å². The van der Waals surface area contributed by atoms with Crippen molar-refractivity contribution in [3.8, 4) is 0 Å². The Balaban J connectivity index is 2.45. The molecule has 11 heavy (non-hydrogen) atoms. The third-order valence-electron chi connectivity index (χ3n) is 1.05. The molecule has 1 aromatic rings. The van der Waals surface area contributed by atoms with Crippen LogP contribution in [0, 0.1) is 0 Å². The van der Waals surface area contributed by atoms with Crippen molar-refractivity contribution in [2.75, 3.05) is 0 Å². The van der Waals surface area contributed by atoms with Gasteiger partial charge in [-0.15, -0.1) is 11.3 Å². The summed E-state index contributed by atoms with van der Waals surface area (Å²) < 4.78 is 5.85. The van der Waals surface area contributed by atoms with E-state index in [0.717, 1.165) is 8.66 Å². The van der Waals surface area contributed by atoms with Crippen LogP contribution in [0.3, 0.4) is 0 Å². The van der Waals surface area contributed by atoms with Crippen molar-refractivity contribution in [1.29, 1.82) is 0 Å². The number of hydrogen-bond donors (Lipinski definition) is 0. The normalized spacial score (nSPS) is 9.64. The Bertz CT molecular complexity index is 257. The monoisotopic (exact) mass is 234 g/mol. The molecule has 0 aliphatic heterocycles. The van der Waals surface area contributed by atoms with Crippen molar-refractivity contribution in [2.45, 2.75) is 13.5 Å². The lowest BCUT2D eigenvalue weighted by atomic mass is 10.5. The molecule has 1 heterocycles. The highest BCUT2D eigenvalue weighted by Gasteiger charge is 1.98. The summed E-state index contributed by atoms with van der Waals surface area (Å²) in [7, 11) is 0. The molecular formula is C7H7BrO2S. The molecule has 1 rings (SSSR count). The Hall–Kier alpha value is -0.350. The van der Waals surface area contributed by atoms with Gasteiger partial charge in [-0.25, -0.2) is 0 Å². The zero-order chi connectivity index (χ0) is 8.27. The second kappa shape index (κ2) is 3.88. The van der Waals surface area contributed by atoms with Gasteiger partial charge in [-0.2, -0.15) is 0 Å². The van der Waals surface area contributed by atoms with Gasteiger partial charge in [0.1, 0.15) is 6.61 Å². The van der Waals surface area contributed by atoms with Gasteiger partial charge in [-0.3, -0.25) is 4.79 Å². The van der Waals surface area contributed by atoms with Crippen LogP contribution >= 0.6 is 27.3 Å². The number of rotatable bonds is 2. The smallest absolute Gasteiger partial charge is 0.302 e. The van der Waals surface area contributed by atoms with E-state index < -0.39 is 0 Å². The molecule has 0 fully saturated rings. The molecule has 0 spiro atoms. The van der Waals surface area contributed by atoms with Gasteiger partial charge in [0.2, 0.25) is 0 Å². The molecule has 0 saturated carbocycles. The molecule has 0 bridgehead atoms. The number of hydrogen-bond acceptors (Lipinski definition) is 3. The summed E-state index contributed by atoms with van der Waals surface area (Å²) >= 11 is 4.89. The van der Waals surface area contributed by atoms with Gasteiger partial charge in [0.25, 0.3) is 0 Å². The zero-order valence-electron chi connectivity index (χ0n) is 5.96. The van der Waals surface area contributed by atoms with Crippen molar-refractivity contribution in [2.24, 2.45) is 0 Å². The number of ether oxygens (including phenoxy) is 1. The molecule has 0 atom stereocenters. The van der Waals surface area contributed by atoms with Crippen LogP contribution in [-0.4, -0.2) is 5.97 Å². The highest BCUT2D eigenvalue weighted by atomic mass is 79.9. The molecule has 0 amide bonds. The van der Waals surface area contributed by atoms with E-state index in [2.05, 4.69) is 15.9 Å². The van der Waals surface area contributed by atoms with Crippen LogP contribution in [0.4, 0.5) is 0 Å². The van der Waals surface area contributed by atoms with Crippen LogP contribution in [0.5, 0.6) is 0 Å². The first-order valence-corrected chi connectivity index (χ1v) is 4.67. The number of halogens is 1. The van der Waals surface area contributed by atoms with E-state index in [0.29, 0.717) is 6.61 Å². The lowest BCUT2D eigenvalue weighted by molar-refractivity contribution is -0.142. The van der Waals surface area contributed by atoms with Crippen LogP contribution in [0.15, 0.2) is 15.9 Å². The first-order valence-electron chi connectivity index (χ1n) is 3.06. The minimum atomic E-state index is -0.241. The third-order valence-corrected chi connectivity index (χ3v) is 2.64. The number of carbonyl (C=O) groups excluding carboxylic acids is 1. The van der Waals surface area contributed by atoms with Crippen molar-refractivity contribution >= 4 is 33.2 Å². The Kier molecular flexibility index (Phi) is 3.08. The van der Waals surface area contributed by atoms with E-state index in [1.54, 1.807) is 11.3 Å². The quantitative estimate of drug-likeness (QED) is 0.736. The SMILES string of the molecule is CC(=O)OCc1ccc(Br)s1. The fourth-order valence-corrected chi connectivity index (χ4v) is 2.00. The second-order valence-electron chi connectivity index (χ2n) is 1.99. The summed E-state index contributed by atoms with van der Waals surface area (Å²) in [4.78, 5) is 11.4. The minimum absolute atomic E-state index is 0.241. The van der Waals surface area contributed by atoms with Crippen LogP contribution in [0.2, 0.25) is 0 Å². The standard InChI is InChI=1S/C7H7BrO2S/c1-5(9)10-4-6-2-3-7(8)11-6/h2-3H,4H2,1H3. The average molecular weight is 235 g/mol. The molecule has 0 saturated heterocycles. The Labute approximate surface area is 77.3 Å². The van der Waals surface area contributed by atoms with E-state index in [1.807, 2.05) is 12.1 Å². The van der Waals surface area contributed by atoms with Gasteiger partial charge in [0.05, 0.1) is 3.79 Å². The fourth-order valence-electron chi connectivity index (χ4n) is 0.602. The van der Waals surface area contributed by atoms with Gasteiger partial charge >= 0.3 is 5.97 Å². The van der Waals surface area contributed by atoms with Gasteiger partial charge in [-0.1, -0.05) is 0 Å². The highest BCUT2D eigenvalue weighted by Crippen LogP contribution is 2.22. The van der Waals surface area contributed by atoms with E-state index in [9.17, 15) is 4.79 Å². The van der Waals surface area contributed by atoms with Gasteiger partial charge in [0.15, 0.2) is 0 Å². The lowest BCUT2D eigenvalue weighted by Gasteiger charge is -1.96. The summed E-state index contributed by atoms with van der Waals surface area (Å²) in [6.07, 6.45) is 0. The molecule has 0 aromatic carbocycles. The van der Waals surface area contributed by atoms with E-state index >= 15 is 0 Å². The molecule has 4 heteroatoms. The molecule has 0 radical (unpaired) electrons. The van der Waals surface area contributed by atoms with E-state index in [4.69, 9.17) is 4.74 Å². The first kappa shape index (κ1) is 8.74. The molecule has 60 valence electrons. The summed E-state index contributed by atoms with van der Waals surface area (Å²) in [6.45, 7) is 1.79. The van der Waals surface area contributed by atoms with Gasteiger partial charge in [-0.05, 0) is 28.1 Å². The molecule has 0 N–H and O–H groups in total. The highest BCUT2D eigenvalue weighted by molar-refractivity contribution is 9.11. The molecular weight excluding hydrogens is 228 g/mol. The topological polar surface area (TPSA) is 26.3 Å². The Morgan fingerprint density at radius 1 is 1.73 bits per heavy atom. The van der Waals surface area contributed by atoms with Crippen molar-refractivity contribution in [3.05, 3.63) is 20.8 Å². The van der Waals surface area contributed by atoms with E-state index in [-0.39, 0.29) is 5.97 Å². The molecule has 0 unspecified atom stereocenters. The van der Waals surface area contributed by atoms with Gasteiger partial charge in [0, 0.05) is 11.8 Å². The molecule has 2 nitrogen and oxygen atoms in total. The number of carbonyl (C=O) groups is 1. The Morgan fingerprint density at radius 3 is 2.91 bits per heavy atom. The predicted octanol–water partition coefficient (Wildman–Crippen LogP) is 2.57. The maximum absolute atomic E-state index is 10.4. The summed E-state index contributed by atoms with van der Waals surface area (Å²) in [6, 6.07) is 3.86. The first-order chi connectivity index (χ1) is 5.18. The van der Waals surface area contributed by atoms with Crippen LogP contribution in [0.1, 0.15) is 11.8 Å². The maximum atomic E-state index is 10.4. The van der Waals surface area contributed by atoms with Crippen LogP contribution in [0.25, 0.3) is 0 Å². The minimum Gasteiger partial charge on any atom is -0.460 e. The summed E-state index contributed by atoms with van der Waals surface area (Å²) in [5.74, 6) is -0.241. The van der Waals surface area contributed by atoms with Gasteiger partial charge < -0.3 is 4.74 Å². The predicted molar refractivity (Wildman–Crippen MR) is 47.5 cm³/mol. The summed E-state index contributed by atoms with van der Waals surface area (Å²) in [5.41, 5.74) is 0. The van der Waals surface area contributed by atoms with Crippen molar-refractivity contribution in [3.63, 3.8) is 0 Å². The molecule has 0 aliphatic carbocycles. The fraction of sp³-hybridized carbons (Fsp3) is 0.286.